The van der Waals surface area contributed by atoms with Crippen LogP contribution in [0.1, 0.15) is 12.8 Å². The number of carbonyl (C=O) groups is 1. The molecule has 1 amide bonds. The lowest BCUT2D eigenvalue weighted by Gasteiger charge is -2.12. The van der Waals surface area contributed by atoms with E-state index in [1.807, 2.05) is 11.0 Å². The molecule has 0 aliphatic carbocycles. The number of phenols is 1. The van der Waals surface area contributed by atoms with Crippen LogP contribution in [0.2, 0.25) is 0 Å². The molecule has 0 atom stereocenters. The zero-order chi connectivity index (χ0) is 13.7. The van der Waals surface area contributed by atoms with Crippen LogP contribution in [0.25, 0.3) is 0 Å². The van der Waals surface area contributed by atoms with Crippen molar-refractivity contribution < 1.29 is 9.90 Å². The standard InChI is InChI=1S/C14H15N3O2/c15-9-11(10-17-6-1-2-7-17)14(19)16-12-4-3-5-13(18)8-12/h3-5,8,10,18H,1-2,6-7H2,(H,16,19)/b11-10-. The molecule has 1 aromatic rings. The number of nitrogens with zero attached hydrogens (tertiary/aromatic N) is 2. The number of phenolic OH excluding ortho intramolecular Hbond substituents is 1. The third-order valence-electron chi connectivity index (χ3n) is 2.92. The lowest BCUT2D eigenvalue weighted by atomic mass is 10.2. The van der Waals surface area contributed by atoms with Crippen LogP contribution >= 0.6 is 0 Å². The SMILES string of the molecule is N#C/C(=C/N1CCCC1)C(=O)Nc1cccc(O)c1. The Hall–Kier alpha value is -2.48. The van der Waals surface area contributed by atoms with E-state index in [1.54, 1.807) is 18.3 Å². The van der Waals surface area contributed by atoms with E-state index in [2.05, 4.69) is 5.32 Å². The maximum absolute atomic E-state index is 11.9. The number of nitrogens with one attached hydrogen (secondary N) is 1. The minimum Gasteiger partial charge on any atom is -0.508 e. The Morgan fingerprint density at radius 3 is 2.79 bits per heavy atom. The fourth-order valence-electron chi connectivity index (χ4n) is 1.97. The van der Waals surface area contributed by atoms with E-state index in [0.29, 0.717) is 5.69 Å². The Bertz CT molecular complexity index is 540. The number of amides is 1. The molecule has 1 aliphatic heterocycles. The van der Waals surface area contributed by atoms with Gasteiger partial charge in [0, 0.05) is 31.0 Å². The first-order valence-electron chi connectivity index (χ1n) is 6.15. The number of carbonyl (C=O) groups excluding carboxylic acids is 1. The number of benzene rings is 1. The molecule has 0 bridgehead atoms. The quantitative estimate of drug-likeness (QED) is 0.640. The first kappa shape index (κ1) is 13.0. The van der Waals surface area contributed by atoms with Gasteiger partial charge in [-0.1, -0.05) is 6.07 Å². The van der Waals surface area contributed by atoms with E-state index < -0.39 is 5.91 Å². The van der Waals surface area contributed by atoms with Gasteiger partial charge in [-0.15, -0.1) is 0 Å². The average Bonchev–Trinajstić information content (AvgIpc) is 2.88. The minimum atomic E-state index is -0.458. The fraction of sp³-hybridized carbons (Fsp3) is 0.286. The predicted octanol–water partition coefficient (Wildman–Crippen LogP) is 1.83. The molecule has 1 aliphatic rings. The summed E-state index contributed by atoms with van der Waals surface area (Å²) in [7, 11) is 0. The number of aromatic hydroxyl groups is 1. The van der Waals surface area contributed by atoms with Gasteiger partial charge in [-0.25, -0.2) is 0 Å². The van der Waals surface area contributed by atoms with Crippen molar-refractivity contribution in [2.45, 2.75) is 12.8 Å². The smallest absolute Gasteiger partial charge is 0.267 e. The molecule has 2 N–H and O–H groups in total. The van der Waals surface area contributed by atoms with Crippen LogP contribution in [0.3, 0.4) is 0 Å². The van der Waals surface area contributed by atoms with Crippen LogP contribution in [-0.4, -0.2) is 29.0 Å². The van der Waals surface area contributed by atoms with Crippen molar-refractivity contribution in [2.75, 3.05) is 18.4 Å². The molecule has 0 spiro atoms. The Morgan fingerprint density at radius 2 is 2.16 bits per heavy atom. The summed E-state index contributed by atoms with van der Waals surface area (Å²) in [5.74, 6) is -0.389. The number of hydrogen-bond donors (Lipinski definition) is 2. The predicted molar refractivity (Wildman–Crippen MR) is 71.2 cm³/mol. The van der Waals surface area contributed by atoms with E-state index in [4.69, 9.17) is 5.26 Å². The normalized spacial score (nSPS) is 15.1. The fourth-order valence-corrected chi connectivity index (χ4v) is 1.97. The molecule has 0 aromatic heterocycles. The first-order valence-corrected chi connectivity index (χ1v) is 6.15. The Kier molecular flexibility index (Phi) is 4.04. The van der Waals surface area contributed by atoms with E-state index in [9.17, 15) is 9.90 Å². The van der Waals surface area contributed by atoms with E-state index >= 15 is 0 Å². The number of likely N-dealkylation sites (tertiary alicyclic amines) is 1. The van der Waals surface area contributed by atoms with Crippen LogP contribution in [0.15, 0.2) is 36.0 Å². The lowest BCUT2D eigenvalue weighted by Crippen LogP contribution is -2.18. The highest BCUT2D eigenvalue weighted by molar-refractivity contribution is 6.06. The summed E-state index contributed by atoms with van der Waals surface area (Å²) >= 11 is 0. The number of anilines is 1. The molecule has 19 heavy (non-hydrogen) atoms. The van der Waals surface area contributed by atoms with Crippen molar-refractivity contribution in [3.05, 3.63) is 36.0 Å². The van der Waals surface area contributed by atoms with E-state index in [1.165, 1.54) is 12.1 Å². The third kappa shape index (κ3) is 3.49. The highest BCUT2D eigenvalue weighted by atomic mass is 16.3. The molecule has 5 nitrogen and oxygen atoms in total. The van der Waals surface area contributed by atoms with Crippen molar-refractivity contribution in [1.29, 1.82) is 5.26 Å². The van der Waals surface area contributed by atoms with Gasteiger partial charge in [0.05, 0.1) is 0 Å². The maximum Gasteiger partial charge on any atom is 0.267 e. The maximum atomic E-state index is 11.9. The molecule has 1 aromatic carbocycles. The monoisotopic (exact) mass is 257 g/mol. The molecule has 5 heteroatoms. The van der Waals surface area contributed by atoms with Crippen molar-refractivity contribution in [3.8, 4) is 11.8 Å². The summed E-state index contributed by atoms with van der Waals surface area (Å²) in [6.07, 6.45) is 3.78. The molecule has 0 saturated carbocycles. The summed E-state index contributed by atoms with van der Waals surface area (Å²) in [6, 6.07) is 8.14. The number of rotatable bonds is 3. The van der Waals surface area contributed by atoms with Crippen LogP contribution in [0.4, 0.5) is 5.69 Å². The van der Waals surface area contributed by atoms with Gasteiger partial charge in [-0.05, 0) is 25.0 Å². The Morgan fingerprint density at radius 1 is 1.42 bits per heavy atom. The molecular formula is C14H15N3O2. The average molecular weight is 257 g/mol. The van der Waals surface area contributed by atoms with Gasteiger partial charge in [0.1, 0.15) is 17.4 Å². The minimum absolute atomic E-state index is 0.0693. The summed E-state index contributed by atoms with van der Waals surface area (Å²) < 4.78 is 0. The van der Waals surface area contributed by atoms with Crippen LogP contribution < -0.4 is 5.32 Å². The Labute approximate surface area is 111 Å². The zero-order valence-electron chi connectivity index (χ0n) is 10.5. The van der Waals surface area contributed by atoms with Gasteiger partial charge in [0.25, 0.3) is 5.91 Å². The Balaban J connectivity index is 2.07. The first-order chi connectivity index (χ1) is 9.19. The molecule has 0 radical (unpaired) electrons. The van der Waals surface area contributed by atoms with Crippen molar-refractivity contribution in [1.82, 2.24) is 4.90 Å². The van der Waals surface area contributed by atoms with Gasteiger partial charge in [-0.2, -0.15) is 5.26 Å². The van der Waals surface area contributed by atoms with Gasteiger partial charge in [0.15, 0.2) is 0 Å². The molecule has 0 unspecified atom stereocenters. The van der Waals surface area contributed by atoms with Gasteiger partial charge >= 0.3 is 0 Å². The summed E-state index contributed by atoms with van der Waals surface area (Å²) in [6.45, 7) is 1.76. The highest BCUT2D eigenvalue weighted by Gasteiger charge is 2.14. The van der Waals surface area contributed by atoms with Gasteiger partial charge in [0.2, 0.25) is 0 Å². The number of hydrogen-bond acceptors (Lipinski definition) is 4. The van der Waals surface area contributed by atoms with Crippen molar-refractivity contribution in [3.63, 3.8) is 0 Å². The lowest BCUT2D eigenvalue weighted by molar-refractivity contribution is -0.112. The van der Waals surface area contributed by atoms with Crippen molar-refractivity contribution >= 4 is 11.6 Å². The highest BCUT2D eigenvalue weighted by Crippen LogP contribution is 2.16. The third-order valence-corrected chi connectivity index (χ3v) is 2.92. The molecule has 1 fully saturated rings. The van der Waals surface area contributed by atoms with E-state index in [0.717, 1.165) is 25.9 Å². The molecular weight excluding hydrogens is 242 g/mol. The van der Waals surface area contributed by atoms with E-state index in [-0.39, 0.29) is 11.3 Å². The largest absolute Gasteiger partial charge is 0.508 e. The second-order valence-corrected chi connectivity index (χ2v) is 4.40. The molecule has 1 saturated heterocycles. The van der Waals surface area contributed by atoms with Gasteiger partial charge < -0.3 is 15.3 Å². The van der Waals surface area contributed by atoms with Gasteiger partial charge in [-0.3, -0.25) is 4.79 Å². The van der Waals surface area contributed by atoms with Crippen LogP contribution in [0.5, 0.6) is 5.75 Å². The second-order valence-electron chi connectivity index (χ2n) is 4.40. The summed E-state index contributed by atoms with van der Waals surface area (Å²) in [4.78, 5) is 13.9. The summed E-state index contributed by atoms with van der Waals surface area (Å²) in [5.41, 5.74) is 0.540. The van der Waals surface area contributed by atoms with Crippen LogP contribution in [-0.2, 0) is 4.79 Å². The summed E-state index contributed by atoms with van der Waals surface area (Å²) in [5, 5.41) is 20.9. The molecule has 98 valence electrons. The van der Waals surface area contributed by atoms with Crippen LogP contribution in [0, 0.1) is 11.3 Å². The second kappa shape index (κ2) is 5.91. The number of nitriles is 1. The topological polar surface area (TPSA) is 76.4 Å². The molecule has 2 rings (SSSR count). The zero-order valence-corrected chi connectivity index (χ0v) is 10.5. The molecule has 1 heterocycles. The van der Waals surface area contributed by atoms with Crippen molar-refractivity contribution in [2.24, 2.45) is 0 Å².